The molecule has 6 aliphatic rings. The second kappa shape index (κ2) is 55.5. The molecule has 4 atom stereocenters. The fourth-order valence-electron chi connectivity index (χ4n) is 6.16. The quantitative estimate of drug-likeness (QED) is 0.0182. The number of carboxylic acid groups (broad SMARTS) is 1. The molecule has 7 rings (SSSR count). The number of pyridine rings is 1. The first-order valence-electron chi connectivity index (χ1n) is 28.4. The number of aromatic nitrogens is 1. The maximum absolute atomic E-state index is 10.0. The van der Waals surface area contributed by atoms with Gasteiger partial charge in [0, 0.05) is 75.0 Å². The molecular weight excluding hydrogens is 1040 g/mol. The van der Waals surface area contributed by atoms with Gasteiger partial charge in [-0.15, -0.1) is 12.3 Å². The summed E-state index contributed by atoms with van der Waals surface area (Å²) in [4.78, 5) is 23.7. The second-order valence-corrected chi connectivity index (χ2v) is 20.3. The van der Waals surface area contributed by atoms with E-state index in [1.165, 1.54) is 102 Å². The van der Waals surface area contributed by atoms with Gasteiger partial charge in [0.05, 0.1) is 88.5 Å². The van der Waals surface area contributed by atoms with E-state index in [1.54, 1.807) is 19.3 Å². The molecule has 0 aromatic carbocycles. The van der Waals surface area contributed by atoms with Crippen molar-refractivity contribution in [3.05, 3.63) is 66.4 Å². The first kappa shape index (κ1) is 71.8. The van der Waals surface area contributed by atoms with E-state index < -0.39 is 12.3 Å². The first-order valence-corrected chi connectivity index (χ1v) is 31.7. The van der Waals surface area contributed by atoms with Crippen LogP contribution >= 0.6 is 0 Å². The molecule has 1 aromatic rings. The number of nitrogens with zero attached hydrogens (tertiary/aromatic N) is 3. The molecule has 0 aliphatic carbocycles. The predicted molar refractivity (Wildman–Crippen MR) is 309 cm³/mol. The number of carboxylic acids is 1. The topological polar surface area (TPSA) is 202 Å². The van der Waals surface area contributed by atoms with Gasteiger partial charge in [-0.2, -0.15) is 0 Å². The summed E-state index contributed by atoms with van der Waals surface area (Å²) in [5, 5.41) is 25.2. The van der Waals surface area contributed by atoms with Gasteiger partial charge in [-0.25, -0.2) is 4.98 Å². The second-order valence-electron chi connectivity index (χ2n) is 17.8. The summed E-state index contributed by atoms with van der Waals surface area (Å²) >= 11 is 0. The molecule has 19 heteroatoms. The number of aliphatic hydroxyl groups excluding tert-OH is 1. The third-order valence-corrected chi connectivity index (χ3v) is 12.4. The molecule has 74 heavy (non-hydrogen) atoms. The number of aliphatic hydroxyl groups is 2. The Bertz CT molecular complexity index is 1530. The number of ether oxygens (including phenoxy) is 8. The number of hydrogen-bond donors (Lipinski definition) is 3. The van der Waals surface area contributed by atoms with Gasteiger partial charge in [0.1, 0.15) is 31.0 Å². The molecule has 3 N–H and O–H groups in total. The van der Waals surface area contributed by atoms with Crippen LogP contribution in [0.5, 0.6) is 0 Å². The SMILES string of the molecule is C=CCOCC1CO1.CCCCCCCC(=O)O.CCCCCCCC(O)O.[2H]CC.[Co].[SiH3]/C=C/COCC1CO1.[SiH3]CC=COCC1CO1.[SiH3]CCCOCC1CO1.c1cc(C2=NCCC2)nc(C2=NCCC2)c1. The normalized spacial score (nSPS) is 19.2. The zero-order valence-corrected chi connectivity index (χ0v) is 53.8. The molecule has 0 amide bonds. The number of unbranched alkanes of at least 4 members (excludes halogenated alkanes) is 8. The van der Waals surface area contributed by atoms with E-state index in [4.69, 9.17) is 54.6 Å². The van der Waals surface area contributed by atoms with Gasteiger partial charge < -0.3 is 53.2 Å². The van der Waals surface area contributed by atoms with Crippen molar-refractivity contribution in [2.75, 3.05) is 85.8 Å². The van der Waals surface area contributed by atoms with Crippen molar-refractivity contribution in [2.45, 2.75) is 180 Å². The van der Waals surface area contributed by atoms with Crippen LogP contribution in [0.3, 0.4) is 0 Å². The molecule has 0 bridgehead atoms. The van der Waals surface area contributed by atoms with Gasteiger partial charge >= 0.3 is 5.97 Å². The summed E-state index contributed by atoms with van der Waals surface area (Å²) in [6.07, 6.45) is 26.1. The summed E-state index contributed by atoms with van der Waals surface area (Å²) < 4.78 is 46.6. The number of carbonyl (C=O) groups is 1. The summed E-state index contributed by atoms with van der Waals surface area (Å²) in [5.74, 6) is -0.670. The molecule has 0 saturated carbocycles. The molecular formula is C55H103CoN3O12Si3. The van der Waals surface area contributed by atoms with Crippen LogP contribution in [0.1, 0.15) is 150 Å². The maximum atomic E-state index is 10.0. The fourth-order valence-corrected chi connectivity index (χ4v) is 6.83. The standard InChI is InChI=1S/C13H15N3.C8H18O2.C8H16O2.C6H14O2Si.2C6H12O2Si.C6H10O2.C2H6.Co/c1-4-12(10-6-2-8-14-10)16-13(5-1)11-7-3-9-15-11;2*1-2-3-4-5-6-7-8(9)10;3*9-3-1-2-7-4-6-5-8-6;1-2-3-7-4-6-5-8-6;1-2;/h1,4-5H,2-3,6-9H2;8-10H,2-7H2,1H3;2-7H2,1H3,(H,9,10);6H,1-5H2,9H3;1,3,6H,2,4-5H2,9H3;1-2,6H,3-5H2,9H3;2,6H,1,3-5H2;1-2H3;/b;;;;3-1+;;;;/i;;;;;;;1D;. The molecule has 4 fully saturated rings. The van der Waals surface area contributed by atoms with Crippen molar-refractivity contribution >= 4 is 48.1 Å². The Balaban J connectivity index is 0. The largest absolute Gasteiger partial charge is 0.499 e. The number of epoxide rings is 4. The molecule has 7 heterocycles. The van der Waals surface area contributed by atoms with Gasteiger partial charge in [-0.1, -0.05) is 109 Å². The Labute approximate surface area is 468 Å². The van der Waals surface area contributed by atoms with E-state index in [2.05, 4.69) is 71.4 Å². The smallest absolute Gasteiger partial charge is 0.303 e. The molecule has 4 unspecified atom stereocenters. The molecule has 431 valence electrons. The minimum atomic E-state index is -1.10. The van der Waals surface area contributed by atoms with E-state index in [0.717, 1.165) is 139 Å². The van der Waals surface area contributed by atoms with E-state index in [1.807, 2.05) is 0 Å². The number of allylic oxidation sites excluding steroid dienone is 1. The Kier molecular flexibility index (Phi) is 53.9. The van der Waals surface area contributed by atoms with Gasteiger partial charge in [0.15, 0.2) is 6.29 Å². The molecule has 1 radical (unpaired) electrons. The summed E-state index contributed by atoms with van der Waals surface area (Å²) in [7, 11) is 3.65. The first-order chi connectivity index (χ1) is 36.1. The molecule has 6 aliphatic heterocycles. The molecule has 1 aromatic heterocycles. The van der Waals surface area contributed by atoms with Crippen molar-refractivity contribution in [1.29, 1.82) is 0 Å². The Morgan fingerprint density at radius 3 is 1.68 bits per heavy atom. The zero-order valence-electron chi connectivity index (χ0n) is 47.7. The Morgan fingerprint density at radius 1 is 0.770 bits per heavy atom. The molecule has 0 spiro atoms. The third kappa shape index (κ3) is 53.2. The van der Waals surface area contributed by atoms with E-state index in [-0.39, 0.29) is 16.8 Å². The van der Waals surface area contributed by atoms with Crippen LogP contribution in [0.2, 0.25) is 12.1 Å². The minimum Gasteiger partial charge on any atom is -0.499 e. The number of rotatable bonds is 31. The van der Waals surface area contributed by atoms with Crippen molar-refractivity contribution in [3.63, 3.8) is 0 Å². The zero-order chi connectivity index (χ0) is 54.5. The Hall–Kier alpha value is -2.22. The average Bonchev–Trinajstić information content (AvgIpc) is 4.22. The predicted octanol–water partition coefficient (Wildman–Crippen LogP) is 6.50. The van der Waals surface area contributed by atoms with E-state index >= 15 is 0 Å². The van der Waals surface area contributed by atoms with Crippen molar-refractivity contribution in [3.8, 4) is 0 Å². The van der Waals surface area contributed by atoms with Crippen LogP contribution in [-0.2, 0) is 59.5 Å². The summed E-state index contributed by atoms with van der Waals surface area (Å²) in [6, 6.07) is 8.71. The van der Waals surface area contributed by atoms with E-state index in [0.29, 0.717) is 50.8 Å². The van der Waals surface area contributed by atoms with Crippen LogP contribution in [-0.4, -0.2) is 185 Å². The fraction of sp³-hybridized carbons (Fsp3) is 0.745. The van der Waals surface area contributed by atoms with E-state index in [9.17, 15) is 4.79 Å². The summed E-state index contributed by atoms with van der Waals surface area (Å²) in [5.41, 5.74) is 6.54. The van der Waals surface area contributed by atoms with Crippen molar-refractivity contribution in [1.82, 2.24) is 4.98 Å². The molecule has 4 saturated heterocycles. The van der Waals surface area contributed by atoms with Gasteiger partial charge in [-0.3, -0.25) is 14.8 Å². The number of hydrogen-bond acceptors (Lipinski definition) is 14. The Morgan fingerprint density at radius 2 is 1.26 bits per heavy atom. The van der Waals surface area contributed by atoms with Gasteiger partial charge in [-0.05, 0) is 69.5 Å². The van der Waals surface area contributed by atoms with Crippen LogP contribution < -0.4 is 0 Å². The van der Waals surface area contributed by atoms with Gasteiger partial charge in [0.25, 0.3) is 0 Å². The van der Waals surface area contributed by atoms with Gasteiger partial charge in [0.2, 0.25) is 0 Å². The maximum Gasteiger partial charge on any atom is 0.303 e. The number of aliphatic imine (C=N–C) groups is 2. The average molecular weight is 1140 g/mol. The van der Waals surface area contributed by atoms with Crippen molar-refractivity contribution in [2.24, 2.45) is 9.98 Å². The monoisotopic (exact) mass is 1140 g/mol. The van der Waals surface area contributed by atoms with Crippen LogP contribution in [0.15, 0.2) is 65.0 Å². The molecule has 15 nitrogen and oxygen atoms in total. The van der Waals surface area contributed by atoms with Crippen molar-refractivity contribution < 1.29 is 76.2 Å². The summed E-state index contributed by atoms with van der Waals surface area (Å²) in [6.45, 7) is 21.0. The number of aliphatic carboxylic acids is 1. The van der Waals surface area contributed by atoms with Crippen LogP contribution in [0, 0.1) is 0 Å². The third-order valence-electron chi connectivity index (χ3n) is 10.7. The van der Waals surface area contributed by atoms with Crippen LogP contribution in [0.4, 0.5) is 0 Å². The van der Waals surface area contributed by atoms with Crippen LogP contribution in [0.25, 0.3) is 0 Å². The minimum absolute atomic E-state index is 0.